The third-order valence-electron chi connectivity index (χ3n) is 4.46. The molecule has 4 aromatic rings. The summed E-state index contributed by atoms with van der Waals surface area (Å²) in [6, 6.07) is 15.0. The Hall–Kier alpha value is -2.80. The van der Waals surface area contributed by atoms with E-state index >= 15 is 0 Å². The average Bonchev–Trinajstić information content (AvgIpc) is 3.21. The number of carbonyl (C=O) groups excluding carboxylic acids is 1. The Morgan fingerprint density at radius 2 is 2.03 bits per heavy atom. The number of nitro benzene ring substituents is 1. The number of nitrogens with zero attached hydrogens (tertiary/aromatic N) is 3. The Labute approximate surface area is 218 Å². The van der Waals surface area contributed by atoms with Crippen LogP contribution in [0.2, 0.25) is 0 Å². The van der Waals surface area contributed by atoms with Gasteiger partial charge in [-0.25, -0.2) is 4.98 Å². The molecule has 1 aromatic heterocycles. The van der Waals surface area contributed by atoms with Gasteiger partial charge in [-0.15, -0.1) is 11.3 Å². The molecule has 1 heterocycles. The zero-order valence-corrected chi connectivity index (χ0v) is 21.9. The molecule has 0 radical (unpaired) electrons. The zero-order valence-electron chi connectivity index (χ0n) is 17.1. The van der Waals surface area contributed by atoms with Crippen LogP contribution in [0.5, 0.6) is 5.75 Å². The van der Waals surface area contributed by atoms with Crippen molar-refractivity contribution in [2.24, 2.45) is 4.99 Å². The highest BCUT2D eigenvalue weighted by molar-refractivity contribution is 9.11. The Balaban J connectivity index is 1.44. The van der Waals surface area contributed by atoms with Crippen molar-refractivity contribution >= 4 is 94.4 Å². The van der Waals surface area contributed by atoms with E-state index in [1.807, 2.05) is 18.2 Å². The SMILES string of the molecule is O=C(CSc1nc2ccc(N=Cc3cc(Br)cc(Br)c3O)cc2s1)Nc1ccccc1[N+](=O)[O-]. The topological polar surface area (TPSA) is 118 Å². The second kappa shape index (κ2) is 10.6. The number of aromatic hydroxyl groups is 1. The number of hydrogen-bond acceptors (Lipinski definition) is 8. The van der Waals surface area contributed by atoms with Gasteiger partial charge < -0.3 is 10.4 Å². The number of anilines is 1. The van der Waals surface area contributed by atoms with Crippen molar-refractivity contribution in [2.75, 3.05) is 11.1 Å². The monoisotopic (exact) mass is 620 g/mol. The number of thioether (sulfide) groups is 1. The molecule has 12 heteroatoms. The first-order valence-electron chi connectivity index (χ1n) is 9.59. The molecule has 0 atom stereocenters. The Morgan fingerprint density at radius 1 is 1.24 bits per heavy atom. The molecule has 0 aliphatic carbocycles. The molecule has 8 nitrogen and oxygen atoms in total. The van der Waals surface area contributed by atoms with Crippen molar-refractivity contribution in [1.29, 1.82) is 0 Å². The minimum atomic E-state index is -0.535. The van der Waals surface area contributed by atoms with Gasteiger partial charge in [-0.3, -0.25) is 19.9 Å². The van der Waals surface area contributed by atoms with E-state index in [9.17, 15) is 20.0 Å². The van der Waals surface area contributed by atoms with Crippen LogP contribution in [0.15, 0.2) is 72.9 Å². The first-order valence-corrected chi connectivity index (χ1v) is 13.0. The van der Waals surface area contributed by atoms with Gasteiger partial charge in [0, 0.05) is 22.3 Å². The molecule has 3 aromatic carbocycles. The fraction of sp³-hybridized carbons (Fsp3) is 0.0455. The molecule has 34 heavy (non-hydrogen) atoms. The maximum Gasteiger partial charge on any atom is 0.292 e. The first-order chi connectivity index (χ1) is 16.3. The van der Waals surface area contributed by atoms with Crippen LogP contribution in [0.25, 0.3) is 10.2 Å². The lowest BCUT2D eigenvalue weighted by Crippen LogP contribution is -2.15. The number of benzene rings is 3. The Bertz CT molecular complexity index is 1440. The van der Waals surface area contributed by atoms with E-state index in [1.54, 1.807) is 30.5 Å². The number of para-hydroxylation sites is 2. The standard InChI is InChI=1S/C22H14Br2N4O4S2/c23-13-7-12(21(30)15(24)8-13)10-25-14-5-6-17-19(9-14)34-22(27-17)33-11-20(29)26-16-3-1-2-4-18(16)28(31)32/h1-10,30H,11H2,(H,26,29). The number of aliphatic imine (C=N–C) groups is 1. The van der Waals surface area contributed by atoms with E-state index in [4.69, 9.17) is 0 Å². The lowest BCUT2D eigenvalue weighted by atomic mass is 10.2. The number of carbonyl (C=O) groups is 1. The number of nitrogens with one attached hydrogen (secondary N) is 1. The Morgan fingerprint density at radius 3 is 2.82 bits per heavy atom. The van der Waals surface area contributed by atoms with Crippen LogP contribution in [0.4, 0.5) is 17.1 Å². The Kier molecular flexibility index (Phi) is 7.61. The van der Waals surface area contributed by atoms with E-state index in [0.717, 1.165) is 14.7 Å². The quantitative estimate of drug-likeness (QED) is 0.100. The number of phenolic OH excluding ortho intramolecular Hbond substituents is 1. The molecule has 0 bridgehead atoms. The van der Waals surface area contributed by atoms with Gasteiger partial charge in [0.15, 0.2) is 4.34 Å². The van der Waals surface area contributed by atoms with Crippen molar-refractivity contribution in [2.45, 2.75) is 4.34 Å². The number of hydrogen-bond donors (Lipinski definition) is 2. The summed E-state index contributed by atoms with van der Waals surface area (Å²) in [5.41, 5.74) is 2.04. The van der Waals surface area contributed by atoms with Crippen molar-refractivity contribution < 1.29 is 14.8 Å². The number of aromatic nitrogens is 1. The molecule has 0 aliphatic heterocycles. The summed E-state index contributed by atoms with van der Waals surface area (Å²) >= 11 is 9.37. The van der Waals surface area contributed by atoms with Gasteiger partial charge >= 0.3 is 0 Å². The van der Waals surface area contributed by atoms with Crippen LogP contribution in [0.3, 0.4) is 0 Å². The second-order valence-corrected chi connectivity index (χ2v) is 10.8. The fourth-order valence-corrected chi connectivity index (χ4v) is 6.07. The van der Waals surface area contributed by atoms with Gasteiger partial charge in [-0.2, -0.15) is 0 Å². The number of phenols is 1. The molecule has 0 saturated heterocycles. The van der Waals surface area contributed by atoms with Crippen LogP contribution in [0.1, 0.15) is 5.56 Å². The number of thiazole rings is 1. The molecule has 0 aliphatic rings. The predicted molar refractivity (Wildman–Crippen MR) is 143 cm³/mol. The molecule has 4 rings (SSSR count). The summed E-state index contributed by atoms with van der Waals surface area (Å²) < 4.78 is 2.97. The third-order valence-corrected chi connectivity index (χ3v) is 7.69. The fourth-order valence-electron chi connectivity index (χ4n) is 2.91. The molecule has 0 unspecified atom stereocenters. The minimum Gasteiger partial charge on any atom is -0.506 e. The largest absolute Gasteiger partial charge is 0.506 e. The molecule has 1 amide bonds. The number of amides is 1. The molecule has 0 saturated carbocycles. The lowest BCUT2D eigenvalue weighted by molar-refractivity contribution is -0.383. The summed E-state index contributed by atoms with van der Waals surface area (Å²) in [4.78, 5) is 31.8. The van der Waals surface area contributed by atoms with E-state index in [0.29, 0.717) is 20.1 Å². The highest BCUT2D eigenvalue weighted by atomic mass is 79.9. The van der Waals surface area contributed by atoms with Crippen molar-refractivity contribution in [3.8, 4) is 5.75 Å². The third kappa shape index (κ3) is 5.81. The smallest absolute Gasteiger partial charge is 0.292 e. The lowest BCUT2D eigenvalue weighted by Gasteiger charge is -2.04. The summed E-state index contributed by atoms with van der Waals surface area (Å²) in [5, 5.41) is 23.9. The van der Waals surface area contributed by atoms with Crippen molar-refractivity contribution in [3.05, 3.63) is 79.2 Å². The summed E-state index contributed by atoms with van der Waals surface area (Å²) in [6.45, 7) is 0. The highest BCUT2D eigenvalue weighted by Gasteiger charge is 2.15. The first kappa shape index (κ1) is 24.3. The van der Waals surface area contributed by atoms with E-state index < -0.39 is 4.92 Å². The highest BCUT2D eigenvalue weighted by Crippen LogP contribution is 2.34. The van der Waals surface area contributed by atoms with Crippen LogP contribution < -0.4 is 5.32 Å². The molecule has 172 valence electrons. The normalized spacial score (nSPS) is 11.2. The van der Waals surface area contributed by atoms with Crippen molar-refractivity contribution in [1.82, 2.24) is 4.98 Å². The summed E-state index contributed by atoms with van der Waals surface area (Å²) in [6.07, 6.45) is 1.58. The van der Waals surface area contributed by atoms with E-state index in [2.05, 4.69) is 47.2 Å². The van der Waals surface area contributed by atoms with Crippen LogP contribution in [-0.2, 0) is 4.79 Å². The number of nitro groups is 1. The molecule has 0 fully saturated rings. The summed E-state index contributed by atoms with van der Waals surface area (Å²) in [7, 11) is 0. The van der Waals surface area contributed by atoms with Gasteiger partial charge in [0.05, 0.1) is 31.1 Å². The van der Waals surface area contributed by atoms with Gasteiger partial charge in [0.2, 0.25) is 5.91 Å². The van der Waals surface area contributed by atoms with E-state index in [-0.39, 0.29) is 28.8 Å². The predicted octanol–water partition coefficient (Wildman–Crippen LogP) is 6.92. The molecular weight excluding hydrogens is 608 g/mol. The van der Waals surface area contributed by atoms with Gasteiger partial charge in [-0.05, 0) is 52.3 Å². The number of halogens is 2. The van der Waals surface area contributed by atoms with Crippen LogP contribution >= 0.6 is 55.0 Å². The van der Waals surface area contributed by atoms with Crippen LogP contribution in [0, 0.1) is 10.1 Å². The van der Waals surface area contributed by atoms with Crippen LogP contribution in [-0.4, -0.2) is 32.9 Å². The average molecular weight is 622 g/mol. The minimum absolute atomic E-state index is 0.0634. The maximum absolute atomic E-state index is 12.3. The molecule has 2 N–H and O–H groups in total. The second-order valence-electron chi connectivity index (χ2n) is 6.83. The number of rotatable bonds is 7. The molecular formula is C22H14Br2N4O4S2. The number of fused-ring (bicyclic) bond motifs is 1. The zero-order chi connectivity index (χ0) is 24.2. The van der Waals surface area contributed by atoms with E-state index in [1.165, 1.54) is 35.2 Å². The van der Waals surface area contributed by atoms with Gasteiger partial charge in [0.25, 0.3) is 5.69 Å². The van der Waals surface area contributed by atoms with Gasteiger partial charge in [0.1, 0.15) is 11.4 Å². The molecule has 0 spiro atoms. The van der Waals surface area contributed by atoms with Gasteiger partial charge in [-0.1, -0.05) is 39.8 Å². The summed E-state index contributed by atoms with van der Waals surface area (Å²) in [5.74, 6) is -0.194. The van der Waals surface area contributed by atoms with Crippen molar-refractivity contribution in [3.63, 3.8) is 0 Å². The maximum atomic E-state index is 12.3.